The van der Waals surface area contributed by atoms with E-state index < -0.39 is 0 Å². The molecule has 1 aromatic carbocycles. The SMILES string of the molecule is CCc1nc2ccccn2c1C(=O)Nc1cc(Cl)cc(Cl)c1. The minimum Gasteiger partial charge on any atom is -0.321 e. The molecule has 1 N–H and O–H groups in total. The van der Waals surface area contributed by atoms with E-state index >= 15 is 0 Å². The van der Waals surface area contributed by atoms with Gasteiger partial charge in [0.25, 0.3) is 5.91 Å². The molecule has 0 spiro atoms. The number of aryl methyl sites for hydroxylation is 1. The van der Waals surface area contributed by atoms with E-state index in [2.05, 4.69) is 10.3 Å². The van der Waals surface area contributed by atoms with E-state index in [9.17, 15) is 4.79 Å². The molecule has 0 aliphatic heterocycles. The van der Waals surface area contributed by atoms with Gasteiger partial charge in [-0.3, -0.25) is 9.20 Å². The lowest BCUT2D eigenvalue weighted by atomic mass is 10.2. The molecule has 1 amide bonds. The number of halogens is 2. The second-order valence-electron chi connectivity index (χ2n) is 4.80. The Kier molecular flexibility index (Phi) is 4.05. The molecule has 4 nitrogen and oxygen atoms in total. The van der Waals surface area contributed by atoms with Crippen molar-refractivity contribution >= 4 is 40.4 Å². The van der Waals surface area contributed by atoms with Crippen LogP contribution >= 0.6 is 23.2 Å². The Morgan fingerprint density at radius 1 is 1.23 bits per heavy atom. The molecule has 0 atom stereocenters. The maximum Gasteiger partial charge on any atom is 0.274 e. The number of hydrogen-bond acceptors (Lipinski definition) is 2. The van der Waals surface area contributed by atoms with Crippen LogP contribution in [0.15, 0.2) is 42.6 Å². The van der Waals surface area contributed by atoms with E-state index in [1.54, 1.807) is 22.6 Å². The zero-order chi connectivity index (χ0) is 15.7. The molecule has 112 valence electrons. The van der Waals surface area contributed by atoms with Crippen LogP contribution in [0.4, 0.5) is 5.69 Å². The first-order chi connectivity index (χ1) is 10.6. The third-order valence-electron chi connectivity index (χ3n) is 3.27. The average Bonchev–Trinajstić information content (AvgIpc) is 2.84. The van der Waals surface area contributed by atoms with Gasteiger partial charge < -0.3 is 5.32 Å². The van der Waals surface area contributed by atoms with Crippen molar-refractivity contribution in [2.75, 3.05) is 5.32 Å². The number of carbonyl (C=O) groups excluding carboxylic acids is 1. The Bertz CT molecular complexity index is 837. The quantitative estimate of drug-likeness (QED) is 0.769. The van der Waals surface area contributed by atoms with Crippen LogP contribution in [-0.2, 0) is 6.42 Å². The average molecular weight is 334 g/mol. The summed E-state index contributed by atoms with van der Waals surface area (Å²) < 4.78 is 1.78. The first-order valence-corrected chi connectivity index (χ1v) is 7.57. The molecule has 2 aromatic heterocycles. The standard InChI is InChI=1S/C16H13Cl2N3O/c1-2-13-15(21-6-4-3-5-14(21)20-13)16(22)19-12-8-10(17)7-11(18)9-12/h3-9H,2H2,1H3,(H,19,22). The Hall–Kier alpha value is -2.04. The first kappa shape index (κ1) is 14.9. The van der Waals surface area contributed by atoms with Crippen LogP contribution < -0.4 is 5.32 Å². The van der Waals surface area contributed by atoms with Crippen LogP contribution in [-0.4, -0.2) is 15.3 Å². The molecule has 2 heterocycles. The van der Waals surface area contributed by atoms with Crippen molar-refractivity contribution in [3.05, 3.63) is 64.0 Å². The van der Waals surface area contributed by atoms with E-state index in [0.29, 0.717) is 27.8 Å². The highest BCUT2D eigenvalue weighted by molar-refractivity contribution is 6.35. The predicted molar refractivity (Wildman–Crippen MR) is 89.0 cm³/mol. The molecule has 22 heavy (non-hydrogen) atoms. The monoisotopic (exact) mass is 333 g/mol. The van der Waals surface area contributed by atoms with Crippen LogP contribution in [0.5, 0.6) is 0 Å². The third-order valence-corrected chi connectivity index (χ3v) is 3.71. The lowest BCUT2D eigenvalue weighted by Crippen LogP contribution is -2.16. The van der Waals surface area contributed by atoms with Crippen molar-refractivity contribution in [2.45, 2.75) is 13.3 Å². The number of amides is 1. The summed E-state index contributed by atoms with van der Waals surface area (Å²) in [6, 6.07) is 10.5. The molecule has 3 rings (SSSR count). The molecule has 0 saturated heterocycles. The highest BCUT2D eigenvalue weighted by Gasteiger charge is 2.18. The van der Waals surface area contributed by atoms with Crippen molar-refractivity contribution in [1.29, 1.82) is 0 Å². The minimum atomic E-state index is -0.242. The second kappa shape index (κ2) is 5.99. The smallest absolute Gasteiger partial charge is 0.274 e. The van der Waals surface area contributed by atoms with Gasteiger partial charge in [-0.15, -0.1) is 0 Å². The number of benzene rings is 1. The van der Waals surface area contributed by atoms with Gasteiger partial charge in [0, 0.05) is 21.9 Å². The maximum absolute atomic E-state index is 12.6. The van der Waals surface area contributed by atoms with E-state index in [4.69, 9.17) is 23.2 Å². The number of fused-ring (bicyclic) bond motifs is 1. The van der Waals surface area contributed by atoms with Gasteiger partial charge in [-0.2, -0.15) is 0 Å². The molecule has 3 aromatic rings. The summed E-state index contributed by atoms with van der Waals surface area (Å²) in [4.78, 5) is 17.1. The summed E-state index contributed by atoms with van der Waals surface area (Å²) in [5.74, 6) is -0.242. The number of nitrogens with one attached hydrogen (secondary N) is 1. The fraction of sp³-hybridized carbons (Fsp3) is 0.125. The lowest BCUT2D eigenvalue weighted by Gasteiger charge is -2.07. The summed E-state index contributed by atoms with van der Waals surface area (Å²) in [7, 11) is 0. The Morgan fingerprint density at radius 3 is 2.64 bits per heavy atom. The number of rotatable bonds is 3. The zero-order valence-corrected chi connectivity index (χ0v) is 13.3. The fourth-order valence-corrected chi connectivity index (χ4v) is 2.87. The molecule has 0 bridgehead atoms. The van der Waals surface area contributed by atoms with Crippen molar-refractivity contribution in [3.63, 3.8) is 0 Å². The van der Waals surface area contributed by atoms with E-state index in [0.717, 1.165) is 11.3 Å². The molecule has 0 unspecified atom stereocenters. The number of anilines is 1. The largest absolute Gasteiger partial charge is 0.321 e. The summed E-state index contributed by atoms with van der Waals surface area (Å²) >= 11 is 11.9. The normalized spacial score (nSPS) is 10.9. The van der Waals surface area contributed by atoms with Crippen molar-refractivity contribution in [2.24, 2.45) is 0 Å². The third kappa shape index (κ3) is 2.80. The Labute approximate surface area is 137 Å². The van der Waals surface area contributed by atoms with Crippen LogP contribution in [0, 0.1) is 0 Å². The molecule has 0 fully saturated rings. The van der Waals surface area contributed by atoms with Gasteiger partial charge in [0.2, 0.25) is 0 Å². The van der Waals surface area contributed by atoms with Crippen LogP contribution in [0.3, 0.4) is 0 Å². The highest BCUT2D eigenvalue weighted by atomic mass is 35.5. The van der Waals surface area contributed by atoms with E-state index in [1.807, 2.05) is 31.3 Å². The van der Waals surface area contributed by atoms with Gasteiger partial charge in [0.05, 0.1) is 5.69 Å². The number of imidazole rings is 1. The lowest BCUT2D eigenvalue weighted by molar-refractivity contribution is 0.102. The van der Waals surface area contributed by atoms with E-state index in [-0.39, 0.29) is 5.91 Å². The van der Waals surface area contributed by atoms with Gasteiger partial charge in [0.15, 0.2) is 0 Å². The first-order valence-electron chi connectivity index (χ1n) is 6.82. The Balaban J connectivity index is 2.01. The summed E-state index contributed by atoms with van der Waals surface area (Å²) in [6.07, 6.45) is 2.49. The van der Waals surface area contributed by atoms with Gasteiger partial charge in [0.1, 0.15) is 11.3 Å². The van der Waals surface area contributed by atoms with Gasteiger partial charge >= 0.3 is 0 Å². The van der Waals surface area contributed by atoms with Gasteiger partial charge in [-0.05, 0) is 36.8 Å². The molecule has 0 aliphatic carbocycles. The van der Waals surface area contributed by atoms with Crippen molar-refractivity contribution in [1.82, 2.24) is 9.38 Å². The Morgan fingerprint density at radius 2 is 1.95 bits per heavy atom. The molecular formula is C16H13Cl2N3O. The molecule has 6 heteroatoms. The number of nitrogens with zero attached hydrogens (tertiary/aromatic N) is 2. The van der Waals surface area contributed by atoms with Crippen LogP contribution in [0.1, 0.15) is 23.1 Å². The molecule has 0 saturated carbocycles. The predicted octanol–water partition coefficient (Wildman–Crippen LogP) is 4.46. The fourth-order valence-electron chi connectivity index (χ4n) is 2.35. The summed E-state index contributed by atoms with van der Waals surface area (Å²) in [6.45, 7) is 1.97. The second-order valence-corrected chi connectivity index (χ2v) is 5.67. The highest BCUT2D eigenvalue weighted by Crippen LogP contribution is 2.23. The van der Waals surface area contributed by atoms with E-state index in [1.165, 1.54) is 0 Å². The van der Waals surface area contributed by atoms with Gasteiger partial charge in [-0.25, -0.2) is 4.98 Å². The molecular weight excluding hydrogens is 321 g/mol. The topological polar surface area (TPSA) is 46.4 Å². The van der Waals surface area contributed by atoms with Crippen molar-refractivity contribution < 1.29 is 4.79 Å². The number of carbonyl (C=O) groups is 1. The number of pyridine rings is 1. The maximum atomic E-state index is 12.6. The van der Waals surface area contributed by atoms with Crippen LogP contribution in [0.25, 0.3) is 5.65 Å². The molecule has 0 aliphatic rings. The minimum absolute atomic E-state index is 0.242. The van der Waals surface area contributed by atoms with Crippen molar-refractivity contribution in [3.8, 4) is 0 Å². The zero-order valence-electron chi connectivity index (χ0n) is 11.8. The summed E-state index contributed by atoms with van der Waals surface area (Å²) in [5.41, 5.74) is 2.56. The number of aromatic nitrogens is 2. The van der Waals surface area contributed by atoms with Crippen LogP contribution in [0.2, 0.25) is 10.0 Å². The molecule has 0 radical (unpaired) electrons. The van der Waals surface area contributed by atoms with Gasteiger partial charge in [-0.1, -0.05) is 36.2 Å². The number of hydrogen-bond donors (Lipinski definition) is 1. The summed E-state index contributed by atoms with van der Waals surface area (Å²) in [5, 5.41) is 3.76.